The topological polar surface area (TPSA) is 21.3 Å². The Kier molecular flexibility index (Phi) is 4.86. The summed E-state index contributed by atoms with van der Waals surface area (Å²) in [7, 11) is 0. The van der Waals surface area contributed by atoms with Crippen molar-refractivity contribution in [2.75, 3.05) is 30.0 Å². The van der Waals surface area contributed by atoms with Crippen molar-refractivity contribution in [2.24, 2.45) is 5.92 Å². The molecule has 2 rings (SSSR count). The molecule has 94 valence electrons. The van der Waals surface area contributed by atoms with Crippen molar-refractivity contribution in [3.05, 3.63) is 23.2 Å². The van der Waals surface area contributed by atoms with Crippen LogP contribution in [-0.2, 0) is 0 Å². The average Bonchev–Trinajstić information content (AvgIpc) is 2.82. The molecular weight excluding hydrogens is 254 g/mol. The zero-order chi connectivity index (χ0) is 12.1. The Morgan fingerprint density at radius 1 is 1.53 bits per heavy atom. The van der Waals surface area contributed by atoms with E-state index in [0.29, 0.717) is 6.61 Å². The highest BCUT2D eigenvalue weighted by Crippen LogP contribution is 2.30. The second kappa shape index (κ2) is 6.41. The summed E-state index contributed by atoms with van der Waals surface area (Å²) in [4.78, 5) is 0. The van der Waals surface area contributed by atoms with Gasteiger partial charge < -0.3 is 10.1 Å². The normalized spacial score (nSPS) is 19.3. The van der Waals surface area contributed by atoms with Gasteiger partial charge in [-0.05, 0) is 49.0 Å². The summed E-state index contributed by atoms with van der Waals surface area (Å²) in [5.41, 5.74) is 1.01. The van der Waals surface area contributed by atoms with Crippen molar-refractivity contribution in [1.29, 1.82) is 0 Å². The van der Waals surface area contributed by atoms with Crippen molar-refractivity contribution in [3.8, 4) is 5.75 Å². The SMILES string of the molecule is CCOc1ccc(Cl)cc1NCC1CCSC1. The quantitative estimate of drug-likeness (QED) is 0.878. The summed E-state index contributed by atoms with van der Waals surface area (Å²) in [5.74, 6) is 4.22. The molecule has 1 heterocycles. The van der Waals surface area contributed by atoms with Gasteiger partial charge in [0.05, 0.1) is 12.3 Å². The Balaban J connectivity index is 1.99. The molecule has 0 spiro atoms. The molecule has 1 fully saturated rings. The number of thioether (sulfide) groups is 1. The van der Waals surface area contributed by atoms with E-state index in [2.05, 4.69) is 5.32 Å². The number of rotatable bonds is 5. The zero-order valence-corrected chi connectivity index (χ0v) is 11.6. The molecule has 17 heavy (non-hydrogen) atoms. The van der Waals surface area contributed by atoms with Crippen LogP contribution in [0.1, 0.15) is 13.3 Å². The summed E-state index contributed by atoms with van der Waals surface area (Å²) in [6.07, 6.45) is 1.31. The largest absolute Gasteiger partial charge is 0.492 e. The Labute approximate surface area is 112 Å². The smallest absolute Gasteiger partial charge is 0.142 e. The van der Waals surface area contributed by atoms with Crippen LogP contribution < -0.4 is 10.1 Å². The molecule has 1 aliphatic rings. The minimum atomic E-state index is 0.676. The van der Waals surface area contributed by atoms with E-state index in [1.165, 1.54) is 17.9 Å². The molecule has 1 aliphatic heterocycles. The van der Waals surface area contributed by atoms with E-state index in [4.69, 9.17) is 16.3 Å². The molecule has 0 aromatic heterocycles. The molecule has 1 aromatic rings. The van der Waals surface area contributed by atoms with E-state index in [0.717, 1.165) is 28.9 Å². The van der Waals surface area contributed by atoms with Gasteiger partial charge in [-0.3, -0.25) is 0 Å². The van der Waals surface area contributed by atoms with E-state index >= 15 is 0 Å². The molecule has 0 amide bonds. The van der Waals surface area contributed by atoms with E-state index in [1.807, 2.05) is 36.9 Å². The fraction of sp³-hybridized carbons (Fsp3) is 0.538. The molecule has 2 nitrogen and oxygen atoms in total. The molecule has 0 saturated carbocycles. The van der Waals surface area contributed by atoms with Crippen LogP contribution in [0, 0.1) is 5.92 Å². The van der Waals surface area contributed by atoms with Crippen LogP contribution in [0.5, 0.6) is 5.75 Å². The van der Waals surface area contributed by atoms with Gasteiger partial charge in [0.2, 0.25) is 0 Å². The van der Waals surface area contributed by atoms with Crippen molar-refractivity contribution in [3.63, 3.8) is 0 Å². The predicted octanol–water partition coefficient (Wildman–Crippen LogP) is 3.90. The fourth-order valence-corrected chi connectivity index (χ4v) is 3.38. The lowest BCUT2D eigenvalue weighted by molar-refractivity contribution is 0.341. The predicted molar refractivity (Wildman–Crippen MR) is 76.5 cm³/mol. The van der Waals surface area contributed by atoms with Gasteiger partial charge in [0.1, 0.15) is 5.75 Å². The van der Waals surface area contributed by atoms with Gasteiger partial charge in [-0.1, -0.05) is 11.6 Å². The molecule has 0 aliphatic carbocycles. The monoisotopic (exact) mass is 271 g/mol. The molecule has 0 radical (unpaired) electrons. The van der Waals surface area contributed by atoms with Gasteiger partial charge in [-0.15, -0.1) is 0 Å². The van der Waals surface area contributed by atoms with E-state index < -0.39 is 0 Å². The second-order valence-corrected chi connectivity index (χ2v) is 5.77. The lowest BCUT2D eigenvalue weighted by atomic mass is 10.1. The van der Waals surface area contributed by atoms with Crippen molar-refractivity contribution in [2.45, 2.75) is 13.3 Å². The first-order valence-corrected chi connectivity index (χ1v) is 7.57. The summed E-state index contributed by atoms with van der Waals surface area (Å²) in [6.45, 7) is 3.68. The fourth-order valence-electron chi connectivity index (χ4n) is 1.92. The van der Waals surface area contributed by atoms with Gasteiger partial charge >= 0.3 is 0 Å². The molecule has 0 bridgehead atoms. The number of nitrogens with one attached hydrogen (secondary N) is 1. The first-order valence-electron chi connectivity index (χ1n) is 6.03. The van der Waals surface area contributed by atoms with Gasteiger partial charge in [-0.2, -0.15) is 11.8 Å². The van der Waals surface area contributed by atoms with Crippen LogP contribution in [0.4, 0.5) is 5.69 Å². The van der Waals surface area contributed by atoms with E-state index in [9.17, 15) is 0 Å². The molecule has 1 N–H and O–H groups in total. The second-order valence-electron chi connectivity index (χ2n) is 4.18. The van der Waals surface area contributed by atoms with Gasteiger partial charge in [0.25, 0.3) is 0 Å². The van der Waals surface area contributed by atoms with Crippen LogP contribution >= 0.6 is 23.4 Å². The minimum absolute atomic E-state index is 0.676. The molecule has 1 atom stereocenters. The Morgan fingerprint density at radius 2 is 2.41 bits per heavy atom. The van der Waals surface area contributed by atoms with Crippen LogP contribution in [0.25, 0.3) is 0 Å². The van der Waals surface area contributed by atoms with Crippen molar-refractivity contribution in [1.82, 2.24) is 0 Å². The Bertz CT molecular complexity index is 366. The van der Waals surface area contributed by atoms with Crippen molar-refractivity contribution >= 4 is 29.1 Å². The summed E-state index contributed by atoms with van der Waals surface area (Å²) in [5, 5.41) is 4.21. The maximum Gasteiger partial charge on any atom is 0.142 e. The lowest BCUT2D eigenvalue weighted by Crippen LogP contribution is -2.14. The maximum absolute atomic E-state index is 6.01. The van der Waals surface area contributed by atoms with Crippen LogP contribution in [-0.4, -0.2) is 24.7 Å². The van der Waals surface area contributed by atoms with Gasteiger partial charge in [-0.25, -0.2) is 0 Å². The number of halogens is 1. The van der Waals surface area contributed by atoms with Crippen LogP contribution in [0.3, 0.4) is 0 Å². The highest BCUT2D eigenvalue weighted by molar-refractivity contribution is 7.99. The lowest BCUT2D eigenvalue weighted by Gasteiger charge is -2.15. The molecule has 1 aromatic carbocycles. The number of hydrogen-bond donors (Lipinski definition) is 1. The minimum Gasteiger partial charge on any atom is -0.492 e. The molecule has 1 saturated heterocycles. The molecule has 4 heteroatoms. The zero-order valence-electron chi connectivity index (χ0n) is 10.0. The highest BCUT2D eigenvalue weighted by Gasteiger charge is 2.15. The first-order chi connectivity index (χ1) is 8.29. The van der Waals surface area contributed by atoms with Crippen LogP contribution in [0.2, 0.25) is 5.02 Å². The van der Waals surface area contributed by atoms with E-state index in [-0.39, 0.29) is 0 Å². The maximum atomic E-state index is 6.01. The van der Waals surface area contributed by atoms with Crippen LogP contribution in [0.15, 0.2) is 18.2 Å². The summed E-state index contributed by atoms with van der Waals surface area (Å²) >= 11 is 8.05. The number of hydrogen-bond acceptors (Lipinski definition) is 3. The number of benzene rings is 1. The average molecular weight is 272 g/mol. The molecular formula is C13H18ClNOS. The highest BCUT2D eigenvalue weighted by atomic mass is 35.5. The number of ether oxygens (including phenoxy) is 1. The third-order valence-electron chi connectivity index (χ3n) is 2.85. The molecule has 1 unspecified atom stereocenters. The Hall–Kier alpha value is -0.540. The summed E-state index contributed by atoms with van der Waals surface area (Å²) < 4.78 is 5.58. The standard InChI is InChI=1S/C13H18ClNOS/c1-2-16-13-4-3-11(14)7-12(13)15-8-10-5-6-17-9-10/h3-4,7,10,15H,2,5-6,8-9H2,1H3. The Morgan fingerprint density at radius 3 is 3.12 bits per heavy atom. The summed E-state index contributed by atoms with van der Waals surface area (Å²) in [6, 6.07) is 5.73. The first kappa shape index (κ1) is 12.9. The van der Waals surface area contributed by atoms with Gasteiger partial charge in [0.15, 0.2) is 0 Å². The third-order valence-corrected chi connectivity index (χ3v) is 4.31. The third kappa shape index (κ3) is 3.71. The number of anilines is 1. The van der Waals surface area contributed by atoms with E-state index in [1.54, 1.807) is 0 Å². The van der Waals surface area contributed by atoms with Gasteiger partial charge in [0, 0.05) is 11.6 Å². The van der Waals surface area contributed by atoms with Crippen molar-refractivity contribution < 1.29 is 4.74 Å².